The molecule has 1 rings (SSSR count). The van der Waals surface area contributed by atoms with Gasteiger partial charge in [0.2, 0.25) is 0 Å². The minimum absolute atomic E-state index is 0. The van der Waals surface area contributed by atoms with Crippen LogP contribution in [0.25, 0.3) is 0 Å². The minimum Gasteiger partial charge on any atom is -1.00 e. The zero-order valence-electron chi connectivity index (χ0n) is 19.0. The van der Waals surface area contributed by atoms with Gasteiger partial charge in [0, 0.05) is 0 Å². The van der Waals surface area contributed by atoms with Crippen LogP contribution in [0.3, 0.4) is 0 Å². The van der Waals surface area contributed by atoms with Crippen LogP contribution in [0.1, 0.15) is 110 Å². The third-order valence-corrected chi connectivity index (χ3v) is 5.53. The van der Waals surface area contributed by atoms with E-state index in [1.165, 1.54) is 70.6 Å². The van der Waals surface area contributed by atoms with E-state index in [0.717, 1.165) is 18.4 Å². The fraction of sp³-hybridized carbons (Fsp3) is 0.727. The number of phosphoric acid groups is 1. The topological polar surface area (TPSA) is 66.8 Å². The monoisotopic (exact) mass is 438 g/mol. The molecule has 158 valence electrons. The van der Waals surface area contributed by atoms with E-state index >= 15 is 0 Å². The Morgan fingerprint density at radius 3 is 1.68 bits per heavy atom. The molecule has 0 aromatic heterocycles. The Hall–Kier alpha value is 0.966. The molecule has 1 aromatic rings. The first-order valence-electron chi connectivity index (χ1n) is 10.8. The van der Waals surface area contributed by atoms with Crippen LogP contribution in [0.5, 0.6) is 0 Å². The second-order valence-electron chi connectivity index (χ2n) is 7.53. The molecule has 0 amide bonds. The van der Waals surface area contributed by atoms with Gasteiger partial charge in [-0.2, -0.15) is 0 Å². The van der Waals surface area contributed by atoms with Crippen LogP contribution >= 0.6 is 7.82 Å². The number of benzene rings is 1. The number of rotatable bonds is 17. The smallest absolute Gasteiger partial charge is 1.00 e. The number of phosphoric ester groups is 1. The van der Waals surface area contributed by atoms with Crippen LogP contribution in [0.4, 0.5) is 0 Å². The van der Waals surface area contributed by atoms with Gasteiger partial charge in [-0.25, -0.2) is 4.57 Å². The van der Waals surface area contributed by atoms with Crippen LogP contribution in [0, 0.1) is 0 Å². The van der Waals surface area contributed by atoms with Crippen molar-refractivity contribution in [2.75, 3.05) is 0 Å². The molecule has 0 radical (unpaired) electrons. The van der Waals surface area contributed by atoms with E-state index in [9.17, 15) is 4.57 Å². The summed E-state index contributed by atoms with van der Waals surface area (Å²) in [4.78, 5) is 18.3. The summed E-state index contributed by atoms with van der Waals surface area (Å²) in [6.07, 6.45) is 16.8. The van der Waals surface area contributed by atoms with E-state index in [1.54, 1.807) is 0 Å². The molecule has 6 heteroatoms. The SMILES string of the molecule is CCCCCCCCCCCCCCCC(OP(=O)(O)O)c1ccccc1.[H-].[K+]. The van der Waals surface area contributed by atoms with Crippen molar-refractivity contribution in [3.8, 4) is 0 Å². The molecule has 0 spiro atoms. The van der Waals surface area contributed by atoms with Crippen molar-refractivity contribution in [2.24, 2.45) is 0 Å². The predicted octanol–water partition coefficient (Wildman–Crippen LogP) is 4.43. The van der Waals surface area contributed by atoms with Gasteiger partial charge >= 0.3 is 59.2 Å². The molecule has 2 N–H and O–H groups in total. The Balaban J connectivity index is 0. The van der Waals surface area contributed by atoms with Crippen molar-refractivity contribution in [3.05, 3.63) is 35.9 Å². The number of hydrogen-bond acceptors (Lipinski definition) is 2. The fourth-order valence-corrected chi connectivity index (χ4v) is 4.02. The van der Waals surface area contributed by atoms with Crippen molar-refractivity contribution in [3.63, 3.8) is 0 Å². The standard InChI is InChI=1S/C22H39O4P.K.H/c1-2-3-4-5-6-7-8-9-10-11-12-13-17-20-22(26-27(23,24)25)21-18-15-14-16-19-21;;/h14-16,18-19,22H,2-13,17,20H2,1H3,(H2,23,24,25);;/q;+1;-1. The fourth-order valence-electron chi connectivity index (χ4n) is 3.46. The van der Waals surface area contributed by atoms with Crippen molar-refractivity contribution >= 4 is 7.82 Å². The first-order chi connectivity index (χ1) is 13.0. The second-order valence-corrected chi connectivity index (χ2v) is 8.72. The summed E-state index contributed by atoms with van der Waals surface area (Å²) in [6.45, 7) is 2.26. The van der Waals surface area contributed by atoms with Gasteiger partial charge < -0.3 is 11.2 Å². The van der Waals surface area contributed by atoms with Crippen LogP contribution in [-0.4, -0.2) is 9.79 Å². The van der Waals surface area contributed by atoms with Gasteiger partial charge in [0.1, 0.15) is 0 Å². The Bertz CT molecular complexity index is 513. The van der Waals surface area contributed by atoms with Gasteiger partial charge in [-0.3, -0.25) is 4.52 Å². The largest absolute Gasteiger partial charge is 1.00 e. The van der Waals surface area contributed by atoms with Gasteiger partial charge in [-0.1, -0.05) is 121 Å². The zero-order chi connectivity index (χ0) is 19.8. The summed E-state index contributed by atoms with van der Waals surface area (Å²) < 4.78 is 16.2. The summed E-state index contributed by atoms with van der Waals surface area (Å²) in [5, 5.41) is 0. The third kappa shape index (κ3) is 16.7. The van der Waals surface area contributed by atoms with Crippen LogP contribution in [0.15, 0.2) is 30.3 Å². The molecule has 0 aliphatic carbocycles. The molecule has 0 aliphatic rings. The van der Waals surface area contributed by atoms with E-state index in [0.29, 0.717) is 6.42 Å². The van der Waals surface area contributed by atoms with Gasteiger partial charge in [0.25, 0.3) is 0 Å². The van der Waals surface area contributed by atoms with Crippen molar-refractivity contribution in [1.29, 1.82) is 0 Å². The normalized spacial score (nSPS) is 12.5. The van der Waals surface area contributed by atoms with Crippen LogP contribution in [0.2, 0.25) is 0 Å². The second kappa shape index (κ2) is 18.7. The van der Waals surface area contributed by atoms with E-state index < -0.39 is 13.9 Å². The molecule has 1 unspecified atom stereocenters. The average molecular weight is 439 g/mol. The van der Waals surface area contributed by atoms with E-state index in [4.69, 9.17) is 14.3 Å². The zero-order valence-corrected chi connectivity index (χ0v) is 22.0. The molecule has 0 saturated carbocycles. The summed E-state index contributed by atoms with van der Waals surface area (Å²) in [5.74, 6) is 0. The minimum atomic E-state index is -4.47. The van der Waals surface area contributed by atoms with Gasteiger partial charge in [0.15, 0.2) is 0 Å². The molecular weight excluding hydrogens is 398 g/mol. The maximum absolute atomic E-state index is 11.2. The van der Waals surface area contributed by atoms with E-state index in [-0.39, 0.29) is 52.8 Å². The Kier molecular flexibility index (Phi) is 19.4. The molecule has 0 saturated heterocycles. The summed E-state index contributed by atoms with van der Waals surface area (Å²) in [7, 11) is -4.47. The van der Waals surface area contributed by atoms with Gasteiger partial charge in [0.05, 0.1) is 6.10 Å². The predicted molar refractivity (Wildman–Crippen MR) is 114 cm³/mol. The summed E-state index contributed by atoms with van der Waals surface area (Å²) >= 11 is 0. The molecule has 0 fully saturated rings. The van der Waals surface area contributed by atoms with Crippen molar-refractivity contribution in [1.82, 2.24) is 0 Å². The summed E-state index contributed by atoms with van der Waals surface area (Å²) in [5.41, 5.74) is 0.833. The first kappa shape index (κ1) is 29.0. The summed E-state index contributed by atoms with van der Waals surface area (Å²) in [6, 6.07) is 9.36. The Morgan fingerprint density at radius 1 is 0.821 bits per heavy atom. The van der Waals surface area contributed by atoms with E-state index in [2.05, 4.69) is 6.92 Å². The molecule has 1 atom stereocenters. The molecule has 4 nitrogen and oxygen atoms in total. The quantitative estimate of drug-likeness (QED) is 0.214. The number of hydrogen-bond donors (Lipinski definition) is 2. The molecule has 1 aromatic carbocycles. The van der Waals surface area contributed by atoms with Crippen molar-refractivity contribution < 1.29 is 71.7 Å². The van der Waals surface area contributed by atoms with Crippen LogP contribution in [-0.2, 0) is 9.09 Å². The van der Waals surface area contributed by atoms with Crippen LogP contribution < -0.4 is 51.4 Å². The maximum Gasteiger partial charge on any atom is 1.00 e. The molecule has 0 heterocycles. The Morgan fingerprint density at radius 2 is 1.25 bits per heavy atom. The van der Waals surface area contributed by atoms with Crippen molar-refractivity contribution in [2.45, 2.75) is 103 Å². The molecule has 0 aliphatic heterocycles. The molecular formula is C22H40KO4P. The third-order valence-electron chi connectivity index (χ3n) is 5.01. The first-order valence-corrected chi connectivity index (χ1v) is 12.3. The maximum atomic E-state index is 11.2. The van der Waals surface area contributed by atoms with Gasteiger partial charge in [-0.15, -0.1) is 0 Å². The van der Waals surface area contributed by atoms with Gasteiger partial charge in [-0.05, 0) is 12.0 Å². The molecule has 28 heavy (non-hydrogen) atoms. The molecule has 0 bridgehead atoms. The average Bonchev–Trinajstić information content (AvgIpc) is 2.64. The number of unbranched alkanes of at least 4 members (excludes halogenated alkanes) is 12. The van der Waals surface area contributed by atoms with E-state index in [1.807, 2.05) is 30.3 Å². The Labute approximate surface area is 216 Å².